The maximum Gasteiger partial charge on any atom is 0.141 e. The number of rotatable bonds is 8. The molecule has 0 aromatic carbocycles. The van der Waals surface area contributed by atoms with E-state index in [1.807, 2.05) is 13.8 Å². The van der Waals surface area contributed by atoms with Crippen molar-refractivity contribution in [2.45, 2.75) is 58.6 Å². The lowest BCUT2D eigenvalue weighted by atomic mass is 9.94. The fourth-order valence-electron chi connectivity index (χ4n) is 2.08. The molecule has 114 valence electrons. The summed E-state index contributed by atoms with van der Waals surface area (Å²) in [6, 6.07) is 3.16. The molecular formula is C16H27FN2O. The van der Waals surface area contributed by atoms with E-state index >= 15 is 0 Å². The average molecular weight is 282 g/mol. The summed E-state index contributed by atoms with van der Waals surface area (Å²) in [5.74, 6) is 0.259. The first-order chi connectivity index (χ1) is 9.34. The zero-order valence-electron chi connectivity index (χ0n) is 13.0. The average Bonchev–Trinajstić information content (AvgIpc) is 2.39. The number of nitrogens with zero attached hydrogens (tertiary/aromatic N) is 1. The molecular weight excluding hydrogens is 255 g/mol. The molecule has 20 heavy (non-hydrogen) atoms. The summed E-state index contributed by atoms with van der Waals surface area (Å²) in [7, 11) is 0. The second-order valence-electron chi connectivity index (χ2n) is 6.17. The Morgan fingerprint density at radius 3 is 2.60 bits per heavy atom. The molecule has 0 aliphatic rings. The molecule has 1 aromatic rings. The van der Waals surface area contributed by atoms with E-state index < -0.39 is 5.60 Å². The Morgan fingerprint density at radius 2 is 2.10 bits per heavy atom. The van der Waals surface area contributed by atoms with Crippen LogP contribution >= 0.6 is 0 Å². The highest BCUT2D eigenvalue weighted by molar-refractivity contribution is 5.09. The van der Waals surface area contributed by atoms with Crippen molar-refractivity contribution in [2.24, 2.45) is 5.92 Å². The second kappa shape index (κ2) is 7.70. The van der Waals surface area contributed by atoms with Crippen LogP contribution in [0.5, 0.6) is 0 Å². The summed E-state index contributed by atoms with van der Waals surface area (Å²) < 4.78 is 12.9. The number of hydrogen-bond acceptors (Lipinski definition) is 3. The van der Waals surface area contributed by atoms with Crippen molar-refractivity contribution in [1.29, 1.82) is 0 Å². The fourth-order valence-corrected chi connectivity index (χ4v) is 2.08. The third-order valence-corrected chi connectivity index (χ3v) is 3.51. The summed E-state index contributed by atoms with van der Waals surface area (Å²) in [4.78, 5) is 4.11. The van der Waals surface area contributed by atoms with Crippen LogP contribution in [-0.2, 0) is 0 Å². The Balaban J connectivity index is 2.54. The molecule has 1 aromatic heterocycles. The summed E-state index contributed by atoms with van der Waals surface area (Å²) in [5.41, 5.74) is 0.0890. The first-order valence-corrected chi connectivity index (χ1v) is 7.41. The van der Waals surface area contributed by atoms with Crippen LogP contribution in [0.1, 0.15) is 58.7 Å². The van der Waals surface area contributed by atoms with E-state index in [2.05, 4.69) is 24.1 Å². The van der Waals surface area contributed by atoms with Crippen LogP contribution in [0.25, 0.3) is 0 Å². The van der Waals surface area contributed by atoms with Crippen molar-refractivity contribution in [3.63, 3.8) is 0 Å². The first-order valence-electron chi connectivity index (χ1n) is 7.41. The van der Waals surface area contributed by atoms with E-state index in [-0.39, 0.29) is 11.9 Å². The van der Waals surface area contributed by atoms with E-state index in [0.717, 1.165) is 25.0 Å². The van der Waals surface area contributed by atoms with Crippen LogP contribution in [-0.4, -0.2) is 22.2 Å². The molecule has 0 radical (unpaired) electrons. The lowest BCUT2D eigenvalue weighted by Crippen LogP contribution is -2.39. The molecule has 2 N–H and O–H groups in total. The molecule has 0 fully saturated rings. The van der Waals surface area contributed by atoms with Crippen LogP contribution in [0.3, 0.4) is 0 Å². The van der Waals surface area contributed by atoms with Crippen LogP contribution in [0, 0.1) is 11.7 Å². The smallest absolute Gasteiger partial charge is 0.141 e. The van der Waals surface area contributed by atoms with Crippen molar-refractivity contribution >= 4 is 0 Å². The van der Waals surface area contributed by atoms with E-state index in [4.69, 9.17) is 0 Å². The van der Waals surface area contributed by atoms with E-state index in [1.54, 1.807) is 6.07 Å². The quantitative estimate of drug-likeness (QED) is 0.767. The molecule has 2 atom stereocenters. The Hall–Kier alpha value is -1.00. The molecule has 0 aliphatic heterocycles. The molecule has 0 aliphatic carbocycles. The van der Waals surface area contributed by atoms with E-state index in [1.165, 1.54) is 12.3 Å². The lowest BCUT2D eigenvalue weighted by molar-refractivity contribution is 0.0422. The van der Waals surface area contributed by atoms with Crippen molar-refractivity contribution in [3.05, 3.63) is 29.8 Å². The highest BCUT2D eigenvalue weighted by Gasteiger charge is 2.22. The predicted molar refractivity (Wildman–Crippen MR) is 79.9 cm³/mol. The van der Waals surface area contributed by atoms with Gasteiger partial charge in [-0.1, -0.05) is 20.8 Å². The molecule has 0 bridgehead atoms. The minimum absolute atomic E-state index is 0.0427. The van der Waals surface area contributed by atoms with Crippen molar-refractivity contribution in [3.8, 4) is 0 Å². The van der Waals surface area contributed by atoms with Gasteiger partial charge in [-0.05, 0) is 44.2 Å². The van der Waals surface area contributed by atoms with Gasteiger partial charge in [-0.25, -0.2) is 4.39 Å². The largest absolute Gasteiger partial charge is 0.389 e. The number of aliphatic hydroxyl groups is 1. The minimum Gasteiger partial charge on any atom is -0.389 e. The number of halogens is 1. The molecule has 0 saturated heterocycles. The summed E-state index contributed by atoms with van der Waals surface area (Å²) in [6.07, 6.45) is 3.85. The van der Waals surface area contributed by atoms with Gasteiger partial charge < -0.3 is 10.4 Å². The fraction of sp³-hybridized carbons (Fsp3) is 0.688. The minimum atomic E-state index is -0.724. The second-order valence-corrected chi connectivity index (χ2v) is 6.17. The van der Waals surface area contributed by atoms with Crippen molar-refractivity contribution in [2.75, 3.05) is 6.54 Å². The summed E-state index contributed by atoms with van der Waals surface area (Å²) in [5, 5.41) is 13.7. The van der Waals surface area contributed by atoms with Crippen LogP contribution in [0.2, 0.25) is 0 Å². The number of nitrogens with one attached hydrogen (secondary N) is 1. The number of hydrogen-bond donors (Lipinski definition) is 2. The standard InChI is InChI=1S/C16H27FN2O/c1-5-14(15-7-6-13(17)10-18-15)19-11-16(4,20)9-8-12(2)3/h6-7,10,12,14,19-20H,5,8-9,11H2,1-4H3. The maximum atomic E-state index is 12.9. The van der Waals surface area contributed by atoms with Crippen molar-refractivity contribution in [1.82, 2.24) is 10.3 Å². The van der Waals surface area contributed by atoms with Gasteiger partial charge in [-0.15, -0.1) is 0 Å². The zero-order chi connectivity index (χ0) is 15.2. The van der Waals surface area contributed by atoms with Crippen LogP contribution in [0.15, 0.2) is 18.3 Å². The van der Waals surface area contributed by atoms with Gasteiger partial charge in [0.2, 0.25) is 0 Å². The highest BCUT2D eigenvalue weighted by atomic mass is 19.1. The third kappa shape index (κ3) is 5.97. The highest BCUT2D eigenvalue weighted by Crippen LogP contribution is 2.19. The monoisotopic (exact) mass is 282 g/mol. The van der Waals surface area contributed by atoms with Gasteiger partial charge in [0.05, 0.1) is 17.5 Å². The van der Waals surface area contributed by atoms with Crippen molar-refractivity contribution < 1.29 is 9.50 Å². The number of aromatic nitrogens is 1. The topological polar surface area (TPSA) is 45.1 Å². The maximum absolute atomic E-state index is 12.9. The molecule has 1 rings (SSSR count). The first kappa shape index (κ1) is 17.1. The molecule has 0 saturated carbocycles. The molecule has 0 spiro atoms. The Morgan fingerprint density at radius 1 is 1.40 bits per heavy atom. The van der Waals surface area contributed by atoms with Gasteiger partial charge in [0.1, 0.15) is 5.82 Å². The summed E-state index contributed by atoms with van der Waals surface area (Å²) in [6.45, 7) is 8.72. The van der Waals surface area contributed by atoms with Crippen LogP contribution in [0.4, 0.5) is 4.39 Å². The van der Waals surface area contributed by atoms with Gasteiger partial charge >= 0.3 is 0 Å². The molecule has 3 nitrogen and oxygen atoms in total. The summed E-state index contributed by atoms with van der Waals surface area (Å²) >= 11 is 0. The predicted octanol–water partition coefficient (Wildman–Crippen LogP) is 3.45. The zero-order valence-corrected chi connectivity index (χ0v) is 13.0. The van der Waals surface area contributed by atoms with E-state index in [0.29, 0.717) is 12.5 Å². The van der Waals surface area contributed by atoms with Gasteiger partial charge in [-0.3, -0.25) is 4.98 Å². The lowest BCUT2D eigenvalue weighted by Gasteiger charge is -2.27. The van der Waals surface area contributed by atoms with Gasteiger partial charge in [-0.2, -0.15) is 0 Å². The molecule has 4 heteroatoms. The number of pyridine rings is 1. The van der Waals surface area contributed by atoms with Gasteiger partial charge in [0.25, 0.3) is 0 Å². The third-order valence-electron chi connectivity index (χ3n) is 3.51. The Bertz CT molecular complexity index is 390. The molecule has 0 amide bonds. The van der Waals surface area contributed by atoms with Gasteiger partial charge in [0, 0.05) is 12.6 Å². The molecule has 1 heterocycles. The normalized spacial score (nSPS) is 16.1. The van der Waals surface area contributed by atoms with E-state index in [9.17, 15) is 9.50 Å². The van der Waals surface area contributed by atoms with Crippen LogP contribution < -0.4 is 5.32 Å². The Kier molecular flexibility index (Phi) is 6.56. The van der Waals surface area contributed by atoms with Gasteiger partial charge in [0.15, 0.2) is 0 Å². The SMILES string of the molecule is CCC(NCC(C)(O)CCC(C)C)c1ccc(F)cn1. The molecule has 2 unspecified atom stereocenters. The Labute approximate surface area is 121 Å².